The molecule has 0 aromatic rings. The normalized spacial score (nSPS) is 20.9. The van der Waals surface area contributed by atoms with E-state index >= 15 is 0 Å². The predicted octanol–water partition coefficient (Wildman–Crippen LogP) is 0.949. The molecule has 0 radical (unpaired) electrons. The molecule has 1 heterocycles. The molecule has 1 aliphatic rings. The van der Waals surface area contributed by atoms with Gasteiger partial charge in [0.25, 0.3) is 0 Å². The fourth-order valence-electron chi connectivity index (χ4n) is 2.49. The van der Waals surface area contributed by atoms with Gasteiger partial charge in [-0.25, -0.2) is 0 Å². The molecule has 6 heteroatoms. The summed E-state index contributed by atoms with van der Waals surface area (Å²) in [6, 6.07) is -0.112. The Morgan fingerprint density at radius 1 is 1.43 bits per heavy atom. The van der Waals surface area contributed by atoms with E-state index in [1.807, 2.05) is 20.8 Å². The van der Waals surface area contributed by atoms with Gasteiger partial charge in [0.2, 0.25) is 11.8 Å². The van der Waals surface area contributed by atoms with E-state index in [-0.39, 0.29) is 24.5 Å². The molecule has 1 aliphatic heterocycles. The number of piperidine rings is 1. The maximum absolute atomic E-state index is 12.4. The zero-order chi connectivity index (χ0) is 16.2. The van der Waals surface area contributed by atoms with Crippen LogP contribution in [0.1, 0.15) is 40.5 Å². The van der Waals surface area contributed by atoms with E-state index in [0.717, 1.165) is 0 Å². The van der Waals surface area contributed by atoms with E-state index in [9.17, 15) is 14.4 Å². The molecule has 0 aromatic heterocycles. The number of esters is 1. The third kappa shape index (κ3) is 4.72. The SMILES string of the molecule is CCOC(=O)C(C(=O)NC1CCC(=O)N(C)C1)C(C)(C)C. The fraction of sp³-hybridized carbons (Fsp3) is 0.800. The van der Waals surface area contributed by atoms with Crippen molar-refractivity contribution in [3.05, 3.63) is 0 Å². The van der Waals surface area contributed by atoms with Gasteiger partial charge >= 0.3 is 5.97 Å². The zero-order valence-electron chi connectivity index (χ0n) is 13.6. The summed E-state index contributed by atoms with van der Waals surface area (Å²) in [4.78, 5) is 37.5. The minimum absolute atomic E-state index is 0.0817. The molecule has 0 aliphatic carbocycles. The number of likely N-dealkylation sites (N-methyl/N-ethyl adjacent to an activating group) is 1. The van der Waals surface area contributed by atoms with Gasteiger partial charge in [-0.05, 0) is 18.8 Å². The Kier molecular flexibility index (Phi) is 5.75. The largest absolute Gasteiger partial charge is 0.465 e. The van der Waals surface area contributed by atoms with Crippen molar-refractivity contribution in [3.8, 4) is 0 Å². The Bertz CT molecular complexity index is 414. The van der Waals surface area contributed by atoms with Gasteiger partial charge in [-0.2, -0.15) is 0 Å². The molecule has 0 bridgehead atoms. The van der Waals surface area contributed by atoms with Gasteiger partial charge in [0, 0.05) is 26.1 Å². The lowest BCUT2D eigenvalue weighted by molar-refractivity contribution is -0.157. The third-order valence-corrected chi connectivity index (χ3v) is 3.62. The van der Waals surface area contributed by atoms with Crippen LogP contribution in [0.3, 0.4) is 0 Å². The summed E-state index contributed by atoms with van der Waals surface area (Å²) in [5.41, 5.74) is -0.521. The molecule has 1 rings (SSSR count). The topological polar surface area (TPSA) is 75.7 Å². The molecule has 6 nitrogen and oxygen atoms in total. The second kappa shape index (κ2) is 6.91. The first-order chi connectivity index (χ1) is 9.66. The lowest BCUT2D eigenvalue weighted by Gasteiger charge is -2.33. The standard InChI is InChI=1S/C15H26N2O4/c1-6-21-14(20)12(15(2,3)4)13(19)16-10-7-8-11(18)17(5)9-10/h10,12H,6-9H2,1-5H3,(H,16,19). The monoisotopic (exact) mass is 298 g/mol. The smallest absolute Gasteiger partial charge is 0.319 e. The van der Waals surface area contributed by atoms with Crippen molar-refractivity contribution < 1.29 is 19.1 Å². The van der Waals surface area contributed by atoms with Crippen molar-refractivity contribution in [2.75, 3.05) is 20.2 Å². The van der Waals surface area contributed by atoms with Gasteiger partial charge in [0.1, 0.15) is 5.92 Å². The van der Waals surface area contributed by atoms with Crippen molar-refractivity contribution >= 4 is 17.8 Å². The highest BCUT2D eigenvalue weighted by molar-refractivity contribution is 5.98. The molecule has 1 fully saturated rings. The summed E-state index contributed by atoms with van der Waals surface area (Å²) in [5.74, 6) is -1.59. The van der Waals surface area contributed by atoms with Crippen molar-refractivity contribution in [2.45, 2.75) is 46.6 Å². The molecule has 0 spiro atoms. The lowest BCUT2D eigenvalue weighted by atomic mass is 9.80. The highest BCUT2D eigenvalue weighted by Crippen LogP contribution is 2.27. The highest BCUT2D eigenvalue weighted by atomic mass is 16.5. The van der Waals surface area contributed by atoms with Crippen molar-refractivity contribution in [3.63, 3.8) is 0 Å². The number of carbonyl (C=O) groups excluding carboxylic acids is 3. The number of nitrogens with one attached hydrogen (secondary N) is 1. The van der Waals surface area contributed by atoms with Crippen LogP contribution in [-0.4, -0.2) is 48.9 Å². The van der Waals surface area contributed by atoms with E-state index in [2.05, 4.69) is 5.32 Å². The summed E-state index contributed by atoms with van der Waals surface area (Å²) in [5, 5.41) is 2.88. The molecule has 0 saturated carbocycles. The zero-order valence-corrected chi connectivity index (χ0v) is 13.6. The van der Waals surface area contributed by atoms with Crippen LogP contribution in [-0.2, 0) is 19.1 Å². The summed E-state index contributed by atoms with van der Waals surface area (Å²) < 4.78 is 5.01. The van der Waals surface area contributed by atoms with Crippen molar-refractivity contribution in [1.82, 2.24) is 10.2 Å². The Morgan fingerprint density at radius 2 is 2.05 bits per heavy atom. The van der Waals surface area contributed by atoms with Crippen LogP contribution in [0.2, 0.25) is 0 Å². The van der Waals surface area contributed by atoms with E-state index in [1.165, 1.54) is 0 Å². The highest BCUT2D eigenvalue weighted by Gasteiger charge is 2.40. The van der Waals surface area contributed by atoms with E-state index < -0.39 is 17.3 Å². The number of hydrogen-bond acceptors (Lipinski definition) is 4. The Balaban J connectivity index is 2.73. The number of ether oxygens (including phenoxy) is 1. The Morgan fingerprint density at radius 3 is 2.52 bits per heavy atom. The second-order valence-corrected chi connectivity index (χ2v) is 6.57. The van der Waals surface area contributed by atoms with E-state index in [1.54, 1.807) is 18.9 Å². The van der Waals surface area contributed by atoms with E-state index in [0.29, 0.717) is 19.4 Å². The van der Waals surface area contributed by atoms with Crippen LogP contribution in [0.4, 0.5) is 0 Å². The molecule has 0 aromatic carbocycles. The minimum atomic E-state index is -0.847. The Hall–Kier alpha value is -1.59. The maximum atomic E-state index is 12.4. The fourth-order valence-corrected chi connectivity index (χ4v) is 2.49. The molecular weight excluding hydrogens is 272 g/mol. The van der Waals surface area contributed by atoms with Gasteiger partial charge in [-0.3, -0.25) is 14.4 Å². The number of hydrogen-bond donors (Lipinski definition) is 1. The molecule has 2 atom stereocenters. The van der Waals surface area contributed by atoms with Gasteiger partial charge in [0.05, 0.1) is 6.61 Å². The maximum Gasteiger partial charge on any atom is 0.319 e. The number of carbonyl (C=O) groups is 3. The van der Waals surface area contributed by atoms with Gasteiger partial charge in [-0.1, -0.05) is 20.8 Å². The van der Waals surface area contributed by atoms with Gasteiger partial charge in [-0.15, -0.1) is 0 Å². The predicted molar refractivity (Wildman–Crippen MR) is 78.4 cm³/mol. The van der Waals surface area contributed by atoms with Crippen molar-refractivity contribution in [1.29, 1.82) is 0 Å². The Labute approximate surface area is 126 Å². The number of amides is 2. The van der Waals surface area contributed by atoms with Crippen LogP contribution in [0.15, 0.2) is 0 Å². The van der Waals surface area contributed by atoms with Crippen LogP contribution in [0.25, 0.3) is 0 Å². The van der Waals surface area contributed by atoms with Crippen LogP contribution >= 0.6 is 0 Å². The van der Waals surface area contributed by atoms with E-state index in [4.69, 9.17) is 4.74 Å². The van der Waals surface area contributed by atoms with Crippen LogP contribution in [0.5, 0.6) is 0 Å². The second-order valence-electron chi connectivity index (χ2n) is 6.57. The number of nitrogens with zero attached hydrogens (tertiary/aromatic N) is 1. The molecular formula is C15H26N2O4. The molecule has 2 amide bonds. The minimum Gasteiger partial charge on any atom is -0.465 e. The molecule has 1 N–H and O–H groups in total. The number of rotatable bonds is 4. The average Bonchev–Trinajstić information content (AvgIpc) is 2.32. The first-order valence-corrected chi connectivity index (χ1v) is 7.37. The summed E-state index contributed by atoms with van der Waals surface area (Å²) in [6.07, 6.45) is 1.02. The third-order valence-electron chi connectivity index (χ3n) is 3.62. The summed E-state index contributed by atoms with van der Waals surface area (Å²) in [7, 11) is 1.72. The summed E-state index contributed by atoms with van der Waals surface area (Å²) >= 11 is 0. The van der Waals surface area contributed by atoms with Crippen molar-refractivity contribution in [2.24, 2.45) is 11.3 Å². The van der Waals surface area contributed by atoms with Gasteiger partial charge in [0.15, 0.2) is 0 Å². The molecule has 120 valence electrons. The quantitative estimate of drug-likeness (QED) is 0.619. The number of likely N-dealkylation sites (tertiary alicyclic amines) is 1. The first kappa shape index (κ1) is 17.5. The van der Waals surface area contributed by atoms with Crippen LogP contribution in [0, 0.1) is 11.3 Å². The van der Waals surface area contributed by atoms with Crippen LogP contribution < -0.4 is 5.32 Å². The summed E-state index contributed by atoms with van der Waals surface area (Å²) in [6.45, 7) is 7.96. The molecule has 1 saturated heterocycles. The lowest BCUT2D eigenvalue weighted by Crippen LogP contribution is -2.52. The average molecular weight is 298 g/mol. The first-order valence-electron chi connectivity index (χ1n) is 7.37. The van der Waals surface area contributed by atoms with Gasteiger partial charge < -0.3 is 15.0 Å². The molecule has 2 unspecified atom stereocenters. The molecule has 21 heavy (non-hydrogen) atoms.